The van der Waals surface area contributed by atoms with Crippen molar-refractivity contribution in [3.63, 3.8) is 0 Å². The van der Waals surface area contributed by atoms with Crippen LogP contribution in [-0.4, -0.2) is 12.1 Å². The van der Waals surface area contributed by atoms with Gasteiger partial charge in [-0.3, -0.25) is 0 Å². The first-order valence-electron chi connectivity index (χ1n) is 7.29. The Kier molecular flexibility index (Phi) is 3.75. The van der Waals surface area contributed by atoms with Crippen molar-refractivity contribution in [2.75, 3.05) is 6.61 Å². The fourth-order valence-electron chi connectivity index (χ4n) is 2.89. The Morgan fingerprint density at radius 3 is 2.60 bits per heavy atom. The molecule has 2 N–H and O–H groups in total. The van der Waals surface area contributed by atoms with Crippen molar-refractivity contribution >= 4 is 0 Å². The third-order valence-corrected chi connectivity index (χ3v) is 4.01. The Morgan fingerprint density at radius 2 is 1.75 bits per heavy atom. The maximum Gasteiger partial charge on any atom is 0.122 e. The molecule has 0 saturated heterocycles. The van der Waals surface area contributed by atoms with Crippen molar-refractivity contribution in [2.24, 2.45) is 5.73 Å². The second-order valence-corrected chi connectivity index (χ2v) is 5.77. The van der Waals surface area contributed by atoms with E-state index in [9.17, 15) is 0 Å². The van der Waals surface area contributed by atoms with Crippen molar-refractivity contribution in [3.05, 3.63) is 65.7 Å². The van der Waals surface area contributed by atoms with E-state index in [2.05, 4.69) is 42.5 Å². The van der Waals surface area contributed by atoms with Crippen LogP contribution in [0.5, 0.6) is 5.75 Å². The zero-order valence-electron chi connectivity index (χ0n) is 11.7. The van der Waals surface area contributed by atoms with Crippen LogP contribution in [0.1, 0.15) is 24.0 Å². The molecule has 20 heavy (non-hydrogen) atoms. The zero-order valence-corrected chi connectivity index (χ0v) is 11.7. The van der Waals surface area contributed by atoms with E-state index >= 15 is 0 Å². The highest BCUT2D eigenvalue weighted by Gasteiger charge is 2.31. The van der Waals surface area contributed by atoms with Gasteiger partial charge in [0.1, 0.15) is 12.4 Å². The summed E-state index contributed by atoms with van der Waals surface area (Å²) >= 11 is 0. The Labute approximate surface area is 120 Å². The van der Waals surface area contributed by atoms with Crippen LogP contribution in [0.25, 0.3) is 0 Å². The number of hydrogen-bond donors (Lipinski definition) is 1. The minimum absolute atomic E-state index is 0.219. The first-order valence-corrected chi connectivity index (χ1v) is 7.29. The molecule has 1 aliphatic heterocycles. The summed E-state index contributed by atoms with van der Waals surface area (Å²) in [5.41, 5.74) is 8.91. The van der Waals surface area contributed by atoms with E-state index in [0.29, 0.717) is 6.61 Å². The topological polar surface area (TPSA) is 35.2 Å². The summed E-state index contributed by atoms with van der Waals surface area (Å²) in [6.07, 6.45) is 4.10. The van der Waals surface area contributed by atoms with Crippen LogP contribution in [-0.2, 0) is 12.8 Å². The Hall–Kier alpha value is -1.80. The molecule has 104 valence electrons. The normalized spacial score (nSPS) is 21.1. The van der Waals surface area contributed by atoms with Gasteiger partial charge in [0, 0.05) is 0 Å². The first kappa shape index (κ1) is 13.2. The molecule has 0 fully saturated rings. The van der Waals surface area contributed by atoms with Gasteiger partial charge >= 0.3 is 0 Å². The predicted octanol–water partition coefficient (Wildman–Crippen LogP) is 3.34. The average molecular weight is 267 g/mol. The standard InChI is InChI=1S/C18H21NO/c19-18(12-6-9-15-7-2-1-3-8-15)13-16-10-4-5-11-17(16)20-14-18/h1-5,7-8,10-11H,6,9,12-14,19H2. The highest BCUT2D eigenvalue weighted by Crippen LogP contribution is 2.30. The second-order valence-electron chi connectivity index (χ2n) is 5.77. The van der Waals surface area contributed by atoms with Gasteiger partial charge in [0.25, 0.3) is 0 Å². The molecule has 2 aromatic rings. The van der Waals surface area contributed by atoms with E-state index in [1.807, 2.05) is 12.1 Å². The molecule has 0 bridgehead atoms. The van der Waals surface area contributed by atoms with Gasteiger partial charge in [-0.2, -0.15) is 0 Å². The summed E-state index contributed by atoms with van der Waals surface area (Å²) in [7, 11) is 0. The number of rotatable bonds is 4. The smallest absolute Gasteiger partial charge is 0.122 e. The van der Waals surface area contributed by atoms with Gasteiger partial charge in [-0.05, 0) is 42.9 Å². The van der Waals surface area contributed by atoms with Gasteiger partial charge in [0.05, 0.1) is 5.54 Å². The van der Waals surface area contributed by atoms with Crippen LogP contribution in [0, 0.1) is 0 Å². The Morgan fingerprint density at radius 1 is 1.00 bits per heavy atom. The quantitative estimate of drug-likeness (QED) is 0.922. The van der Waals surface area contributed by atoms with Gasteiger partial charge in [-0.25, -0.2) is 0 Å². The minimum Gasteiger partial charge on any atom is -0.491 e. The Balaban J connectivity index is 1.58. The van der Waals surface area contributed by atoms with Crippen molar-refractivity contribution in [2.45, 2.75) is 31.2 Å². The third-order valence-electron chi connectivity index (χ3n) is 4.01. The average Bonchev–Trinajstić information content (AvgIpc) is 2.48. The van der Waals surface area contributed by atoms with Gasteiger partial charge < -0.3 is 10.5 Å². The van der Waals surface area contributed by atoms with E-state index in [1.165, 1.54) is 11.1 Å². The summed E-state index contributed by atoms with van der Waals surface area (Å²) in [6, 6.07) is 18.8. The lowest BCUT2D eigenvalue weighted by atomic mass is 9.85. The molecule has 2 heteroatoms. The predicted molar refractivity (Wildman–Crippen MR) is 81.9 cm³/mol. The maximum absolute atomic E-state index is 6.51. The van der Waals surface area contributed by atoms with Crippen LogP contribution in [0.15, 0.2) is 54.6 Å². The fourth-order valence-corrected chi connectivity index (χ4v) is 2.89. The number of aryl methyl sites for hydroxylation is 1. The molecule has 1 atom stereocenters. The molecule has 0 aromatic heterocycles. The number of fused-ring (bicyclic) bond motifs is 1. The molecule has 0 radical (unpaired) electrons. The number of ether oxygens (including phenoxy) is 1. The van der Waals surface area contributed by atoms with Gasteiger partial charge in [-0.15, -0.1) is 0 Å². The lowest BCUT2D eigenvalue weighted by Crippen LogP contribution is -2.50. The number of hydrogen-bond acceptors (Lipinski definition) is 2. The summed E-state index contributed by atoms with van der Waals surface area (Å²) < 4.78 is 5.82. The van der Waals surface area contributed by atoms with Crippen LogP contribution in [0.3, 0.4) is 0 Å². The van der Waals surface area contributed by atoms with Crippen LogP contribution >= 0.6 is 0 Å². The first-order chi connectivity index (χ1) is 9.75. The monoisotopic (exact) mass is 267 g/mol. The number of benzene rings is 2. The molecule has 0 amide bonds. The molecule has 0 spiro atoms. The summed E-state index contributed by atoms with van der Waals surface area (Å²) in [5, 5.41) is 0. The fraction of sp³-hybridized carbons (Fsp3) is 0.333. The molecular weight excluding hydrogens is 246 g/mol. The van der Waals surface area contributed by atoms with E-state index in [0.717, 1.165) is 31.4 Å². The molecule has 2 nitrogen and oxygen atoms in total. The van der Waals surface area contributed by atoms with E-state index in [4.69, 9.17) is 10.5 Å². The Bertz CT molecular complexity index is 567. The lowest BCUT2D eigenvalue weighted by molar-refractivity contribution is 0.179. The van der Waals surface area contributed by atoms with Crippen LogP contribution < -0.4 is 10.5 Å². The molecule has 2 aromatic carbocycles. The molecule has 3 rings (SSSR count). The summed E-state index contributed by atoms with van der Waals surface area (Å²) in [4.78, 5) is 0. The van der Waals surface area contributed by atoms with Crippen molar-refractivity contribution in [1.82, 2.24) is 0 Å². The highest BCUT2D eigenvalue weighted by atomic mass is 16.5. The largest absolute Gasteiger partial charge is 0.491 e. The summed E-state index contributed by atoms with van der Waals surface area (Å²) in [5.74, 6) is 0.997. The third kappa shape index (κ3) is 3.02. The maximum atomic E-state index is 6.51. The van der Waals surface area contributed by atoms with E-state index in [-0.39, 0.29) is 5.54 Å². The van der Waals surface area contributed by atoms with Crippen molar-refractivity contribution < 1.29 is 4.74 Å². The number of nitrogens with two attached hydrogens (primary N) is 1. The van der Waals surface area contributed by atoms with Crippen molar-refractivity contribution in [1.29, 1.82) is 0 Å². The van der Waals surface area contributed by atoms with Gasteiger partial charge in [0.2, 0.25) is 0 Å². The molecule has 1 heterocycles. The lowest BCUT2D eigenvalue weighted by Gasteiger charge is -2.34. The molecule has 0 saturated carbocycles. The van der Waals surface area contributed by atoms with Crippen LogP contribution in [0.2, 0.25) is 0 Å². The summed E-state index contributed by atoms with van der Waals surface area (Å²) in [6.45, 7) is 0.624. The van der Waals surface area contributed by atoms with E-state index < -0.39 is 0 Å². The van der Waals surface area contributed by atoms with E-state index in [1.54, 1.807) is 0 Å². The molecule has 1 unspecified atom stereocenters. The minimum atomic E-state index is -0.219. The SMILES string of the molecule is NC1(CCCc2ccccc2)COc2ccccc2C1. The van der Waals surface area contributed by atoms with Crippen LogP contribution in [0.4, 0.5) is 0 Å². The van der Waals surface area contributed by atoms with Crippen molar-refractivity contribution in [3.8, 4) is 5.75 Å². The molecule has 0 aliphatic carbocycles. The highest BCUT2D eigenvalue weighted by molar-refractivity contribution is 5.36. The molecular formula is C18H21NO. The molecule has 1 aliphatic rings. The van der Waals surface area contributed by atoms with Gasteiger partial charge in [-0.1, -0.05) is 48.5 Å². The van der Waals surface area contributed by atoms with Gasteiger partial charge in [0.15, 0.2) is 0 Å². The second kappa shape index (κ2) is 5.68. The number of para-hydroxylation sites is 1. The zero-order chi connectivity index (χ0) is 13.8.